The molecule has 0 spiro atoms. The Hall–Kier alpha value is -5.60. The molecule has 1 heterocycles. The first-order valence-corrected chi connectivity index (χ1v) is 21.0. The van der Waals surface area contributed by atoms with Crippen molar-refractivity contribution in [3.05, 3.63) is 90.6 Å². The number of likely N-dealkylation sites (N-methyl/N-ethyl adjacent to an activating group) is 1. The number of benzene rings is 2. The van der Waals surface area contributed by atoms with Crippen molar-refractivity contribution in [3.63, 3.8) is 0 Å². The molecule has 2 aromatic carbocycles. The summed E-state index contributed by atoms with van der Waals surface area (Å²) < 4.78 is 9.57. The van der Waals surface area contributed by atoms with Crippen molar-refractivity contribution in [1.29, 1.82) is 0 Å². The van der Waals surface area contributed by atoms with E-state index in [1.165, 1.54) is 41.9 Å². The maximum atomic E-state index is 12.2. The molecule has 0 saturated heterocycles. The summed E-state index contributed by atoms with van der Waals surface area (Å²) in [6.07, 6.45) is 14.5. The molecule has 14 heteroatoms. The molecule has 6 N–H and O–H groups in total. The standard InChI is InChI=1S/C17H25N3O4.C11H19N.C10H13NO3.C7H9NO.C2H6/c1-11(2)15(18-4)17(23)19-12(3)16(22)20-14-7-5-13(6-8-14)9-24-10-21;1-4-10(5-2)9-12-11(3)7-6-8-11;12-8-4-2-1-3-7-11-9(13)5-6-10(11)14;1-9-7-4-2-6(8)3-5-7;1-2/h5-8,10-12,15,18H,9H2,1-4H3,(H,19,23)(H,20,22);4-5,12H,1,6-9H2,2-3H3;5-6,8H,1-4,7H2;2-5H,8H2,1H3;1-2H3/b;10-5+;;;. The lowest BCUT2D eigenvalue weighted by Gasteiger charge is -2.39. The van der Waals surface area contributed by atoms with Gasteiger partial charge in [-0.05, 0) is 113 Å². The smallest absolute Gasteiger partial charge is 0.293 e. The number of nitrogens with zero attached hydrogens (tertiary/aromatic N) is 1. The van der Waals surface area contributed by atoms with Crippen LogP contribution in [0.3, 0.4) is 0 Å². The van der Waals surface area contributed by atoms with Crippen LogP contribution in [0.25, 0.3) is 0 Å². The Morgan fingerprint density at radius 3 is 2.00 bits per heavy atom. The van der Waals surface area contributed by atoms with E-state index < -0.39 is 6.04 Å². The van der Waals surface area contributed by atoms with Crippen LogP contribution in [-0.2, 0) is 40.1 Å². The molecular formula is C47H72N6O8. The quantitative estimate of drug-likeness (QED) is 0.0314. The van der Waals surface area contributed by atoms with Crippen LogP contribution in [0.15, 0.2) is 85.0 Å². The Morgan fingerprint density at radius 1 is 0.934 bits per heavy atom. The highest BCUT2D eigenvalue weighted by atomic mass is 16.5. The fraction of sp³-hybridized carbons (Fsp3) is 0.489. The molecule has 1 fully saturated rings. The summed E-state index contributed by atoms with van der Waals surface area (Å²) in [6, 6.07) is 13.2. The fourth-order valence-electron chi connectivity index (χ4n) is 5.62. The Kier molecular flexibility index (Phi) is 29.3. The number of methoxy groups -OCH3 is 1. The van der Waals surface area contributed by atoms with Gasteiger partial charge in [0.1, 0.15) is 24.7 Å². The third kappa shape index (κ3) is 23.1. The number of nitrogens with one attached hydrogen (secondary N) is 4. The van der Waals surface area contributed by atoms with Gasteiger partial charge in [-0.2, -0.15) is 0 Å². The van der Waals surface area contributed by atoms with Gasteiger partial charge >= 0.3 is 0 Å². The van der Waals surface area contributed by atoms with Gasteiger partial charge in [0.15, 0.2) is 0 Å². The molecule has 0 bridgehead atoms. The minimum Gasteiger partial charge on any atom is -0.497 e. The van der Waals surface area contributed by atoms with Crippen LogP contribution in [0.2, 0.25) is 0 Å². The van der Waals surface area contributed by atoms with Crippen molar-refractivity contribution in [1.82, 2.24) is 20.9 Å². The number of hydrogen-bond donors (Lipinski definition) is 5. The van der Waals surface area contributed by atoms with Crippen LogP contribution >= 0.6 is 0 Å². The maximum Gasteiger partial charge on any atom is 0.293 e. The molecule has 4 rings (SSSR count). The van der Waals surface area contributed by atoms with Gasteiger partial charge in [-0.1, -0.05) is 65.0 Å². The summed E-state index contributed by atoms with van der Waals surface area (Å²) in [5, 5.41) is 11.9. The number of imide groups is 1. The first-order chi connectivity index (χ1) is 29.2. The molecule has 2 aromatic rings. The highest BCUT2D eigenvalue weighted by Crippen LogP contribution is 2.30. The Balaban J connectivity index is 0.000000829. The van der Waals surface area contributed by atoms with E-state index in [4.69, 9.17) is 10.5 Å². The van der Waals surface area contributed by atoms with Crippen LogP contribution in [0.1, 0.15) is 99.0 Å². The van der Waals surface area contributed by atoms with Gasteiger partial charge < -0.3 is 41.3 Å². The van der Waals surface area contributed by atoms with Crippen LogP contribution in [-0.4, -0.2) is 86.2 Å². The molecule has 1 aliphatic heterocycles. The second-order valence-electron chi connectivity index (χ2n) is 14.6. The van der Waals surface area contributed by atoms with Gasteiger partial charge in [-0.15, -0.1) is 0 Å². The lowest BCUT2D eigenvalue weighted by molar-refractivity contribution is -0.137. The SMILES string of the molecule is C=C/C(=C\C)CNC1(C)CCC1.CC.CNC(C(=O)NC(C)C(=O)Nc1ccc(COC=O)cc1)C(C)C.COc1ccc(N)cc1.O=CCCCCCN1C(=O)C=CC1=O. The summed E-state index contributed by atoms with van der Waals surface area (Å²) >= 11 is 0. The third-order valence-electron chi connectivity index (χ3n) is 9.58. The van der Waals surface area contributed by atoms with Crippen molar-refractivity contribution in [2.45, 2.75) is 118 Å². The number of unbranched alkanes of at least 4 members (excludes halogenated alkanes) is 3. The van der Waals surface area contributed by atoms with Gasteiger partial charge in [0, 0.05) is 48.6 Å². The number of hydrogen-bond acceptors (Lipinski definition) is 11. The van der Waals surface area contributed by atoms with Gasteiger partial charge in [0.05, 0.1) is 13.2 Å². The summed E-state index contributed by atoms with van der Waals surface area (Å²) in [5.41, 5.74) is 9.31. The van der Waals surface area contributed by atoms with E-state index in [9.17, 15) is 28.8 Å². The summed E-state index contributed by atoms with van der Waals surface area (Å²) in [7, 11) is 3.34. The molecule has 338 valence electrons. The number of carbonyl (C=O) groups excluding carboxylic acids is 6. The number of carbonyl (C=O) groups is 6. The molecule has 0 aromatic heterocycles. The van der Waals surface area contributed by atoms with Gasteiger partial charge in [0.2, 0.25) is 11.8 Å². The maximum absolute atomic E-state index is 12.2. The van der Waals surface area contributed by atoms with E-state index in [1.807, 2.05) is 45.9 Å². The fourth-order valence-corrected chi connectivity index (χ4v) is 5.62. The largest absolute Gasteiger partial charge is 0.497 e. The molecule has 0 radical (unpaired) electrons. The van der Waals surface area contributed by atoms with Gasteiger partial charge in [-0.25, -0.2) is 0 Å². The minimum atomic E-state index is -0.662. The van der Waals surface area contributed by atoms with Crippen LogP contribution in [0, 0.1) is 5.92 Å². The second kappa shape index (κ2) is 32.2. The van der Waals surface area contributed by atoms with Crippen molar-refractivity contribution < 1.29 is 38.2 Å². The van der Waals surface area contributed by atoms with Crippen molar-refractivity contribution in [2.24, 2.45) is 5.92 Å². The van der Waals surface area contributed by atoms with E-state index in [-0.39, 0.29) is 42.2 Å². The van der Waals surface area contributed by atoms with E-state index >= 15 is 0 Å². The normalized spacial score (nSPS) is 14.3. The number of ether oxygens (including phenoxy) is 2. The highest BCUT2D eigenvalue weighted by molar-refractivity contribution is 6.12. The molecule has 1 saturated carbocycles. The minimum absolute atomic E-state index is 0.117. The summed E-state index contributed by atoms with van der Waals surface area (Å²) in [6.45, 7) is 19.6. The zero-order chi connectivity index (χ0) is 46.2. The monoisotopic (exact) mass is 849 g/mol. The number of nitrogens with two attached hydrogens (primary N) is 1. The Bertz CT molecular complexity index is 1650. The first kappa shape index (κ1) is 55.4. The van der Waals surface area contributed by atoms with Crippen LogP contribution in [0.5, 0.6) is 5.75 Å². The van der Waals surface area contributed by atoms with Gasteiger partial charge in [-0.3, -0.25) is 28.9 Å². The zero-order valence-corrected chi connectivity index (χ0v) is 37.9. The molecular weight excluding hydrogens is 777 g/mol. The topological polar surface area (TPSA) is 198 Å². The molecule has 2 aliphatic rings. The number of rotatable bonds is 20. The molecule has 1 aliphatic carbocycles. The van der Waals surface area contributed by atoms with Crippen LogP contribution < -0.4 is 31.7 Å². The predicted octanol–water partition coefficient (Wildman–Crippen LogP) is 6.67. The van der Waals surface area contributed by atoms with E-state index in [2.05, 4.69) is 52.5 Å². The van der Waals surface area contributed by atoms with Crippen LogP contribution in [0.4, 0.5) is 11.4 Å². The predicted molar refractivity (Wildman–Crippen MR) is 245 cm³/mol. The molecule has 14 nitrogen and oxygen atoms in total. The average Bonchev–Trinajstić information content (AvgIpc) is 3.57. The highest BCUT2D eigenvalue weighted by Gasteiger charge is 2.30. The lowest BCUT2D eigenvalue weighted by Crippen LogP contribution is -2.51. The second-order valence-corrected chi connectivity index (χ2v) is 14.6. The zero-order valence-electron chi connectivity index (χ0n) is 37.9. The number of allylic oxidation sites excluding steroid dienone is 1. The van der Waals surface area contributed by atoms with Crippen molar-refractivity contribution in [2.75, 3.05) is 38.3 Å². The number of anilines is 2. The van der Waals surface area contributed by atoms with E-state index in [1.54, 1.807) is 57.5 Å². The van der Waals surface area contributed by atoms with E-state index in [0.29, 0.717) is 30.7 Å². The lowest BCUT2D eigenvalue weighted by atomic mass is 9.78. The number of aldehydes is 1. The molecule has 2 atom stereocenters. The first-order valence-electron chi connectivity index (χ1n) is 21.0. The summed E-state index contributed by atoms with van der Waals surface area (Å²) in [4.78, 5) is 67.8. The van der Waals surface area contributed by atoms with E-state index in [0.717, 1.165) is 49.1 Å². The molecule has 2 unspecified atom stereocenters. The number of amides is 4. The van der Waals surface area contributed by atoms with Gasteiger partial charge in [0.25, 0.3) is 18.3 Å². The number of nitrogen functional groups attached to an aromatic ring is 1. The third-order valence-corrected chi connectivity index (χ3v) is 9.58. The Labute approximate surface area is 364 Å². The molecule has 61 heavy (non-hydrogen) atoms. The van der Waals surface area contributed by atoms with Crippen molar-refractivity contribution >= 4 is 47.8 Å². The Morgan fingerprint density at radius 2 is 1.54 bits per heavy atom. The van der Waals surface area contributed by atoms with Crippen molar-refractivity contribution in [3.8, 4) is 5.75 Å². The average molecular weight is 849 g/mol. The summed E-state index contributed by atoms with van der Waals surface area (Å²) in [5.74, 6) is -0.0262. The molecule has 4 amide bonds.